The lowest BCUT2D eigenvalue weighted by molar-refractivity contribution is 0.607. The topological polar surface area (TPSA) is 66.5 Å². The van der Waals surface area contributed by atoms with Gasteiger partial charge in [-0.25, -0.2) is 9.23 Å². The smallest absolute Gasteiger partial charge is 0.204 e. The molecule has 0 aliphatic heterocycles. The van der Waals surface area contributed by atoms with Gasteiger partial charge in [0.2, 0.25) is 5.82 Å². The number of aromatic amines is 1. The molecule has 1 heterocycles. The number of hydrogen-bond donors (Lipinski definition) is 2. The van der Waals surface area contributed by atoms with Crippen molar-refractivity contribution in [1.82, 2.24) is 25.5 Å². The van der Waals surface area contributed by atoms with Crippen LogP contribution in [0.2, 0.25) is 0 Å². The first-order valence-corrected chi connectivity index (χ1v) is 4.55. The van der Waals surface area contributed by atoms with Crippen molar-refractivity contribution in [1.29, 1.82) is 0 Å². The normalized spacial score (nSPS) is 10.5. The zero-order chi connectivity index (χ0) is 10.7. The Balaban J connectivity index is 2.38. The molecule has 5 nitrogen and oxygen atoms in total. The number of benzene rings is 1. The highest BCUT2D eigenvalue weighted by atomic mass is 35.5. The Kier molecular flexibility index (Phi) is 2.89. The van der Waals surface area contributed by atoms with Crippen LogP contribution in [-0.4, -0.2) is 20.6 Å². The molecule has 2 N–H and O–H groups in total. The quantitative estimate of drug-likeness (QED) is 0.775. The Morgan fingerprint density at radius 2 is 2.33 bits per heavy atom. The second-order valence-corrected chi connectivity index (χ2v) is 3.12. The van der Waals surface area contributed by atoms with Crippen molar-refractivity contribution in [2.45, 2.75) is 6.54 Å². The van der Waals surface area contributed by atoms with E-state index in [0.717, 1.165) is 0 Å². The van der Waals surface area contributed by atoms with E-state index in [1.807, 2.05) is 0 Å². The molecular weight excluding hydrogens is 221 g/mol. The van der Waals surface area contributed by atoms with Crippen LogP contribution in [0.25, 0.3) is 11.4 Å². The summed E-state index contributed by atoms with van der Waals surface area (Å²) < 4.78 is 13.2. The summed E-state index contributed by atoms with van der Waals surface area (Å²) in [6, 6.07) is 4.54. The summed E-state index contributed by atoms with van der Waals surface area (Å²) in [5.74, 6) is 0.0983. The molecule has 15 heavy (non-hydrogen) atoms. The van der Waals surface area contributed by atoms with E-state index in [2.05, 4.69) is 25.5 Å². The summed E-state index contributed by atoms with van der Waals surface area (Å²) in [5.41, 5.74) is 1.14. The number of nitrogens with one attached hydrogen (secondary N) is 2. The van der Waals surface area contributed by atoms with Gasteiger partial charge in [0, 0.05) is 17.7 Å². The molecule has 2 aromatic rings. The second kappa shape index (κ2) is 4.33. The molecule has 2 rings (SSSR count). The molecule has 1 aromatic heterocycles. The van der Waals surface area contributed by atoms with E-state index in [1.54, 1.807) is 12.1 Å². The van der Waals surface area contributed by atoms with Crippen molar-refractivity contribution in [2.24, 2.45) is 0 Å². The van der Waals surface area contributed by atoms with Gasteiger partial charge < -0.3 is 0 Å². The van der Waals surface area contributed by atoms with Crippen LogP contribution in [-0.2, 0) is 6.54 Å². The van der Waals surface area contributed by atoms with Crippen molar-refractivity contribution in [3.8, 4) is 11.4 Å². The van der Waals surface area contributed by atoms with E-state index in [9.17, 15) is 4.39 Å². The molecule has 0 saturated carbocycles. The number of tetrazole rings is 1. The SMILES string of the molecule is Fc1ccc(-c2nn[nH]n2)cc1CNCl. The van der Waals surface area contributed by atoms with Crippen molar-refractivity contribution >= 4 is 11.8 Å². The standard InChI is InChI=1S/C8H7ClFN5/c9-11-4-6-3-5(1-2-7(6)10)8-12-14-15-13-8/h1-3,11H,4H2,(H,12,13,14,15). The Bertz CT molecular complexity index is 444. The predicted octanol–water partition coefficient (Wildman–Crippen LogP) is 1.25. The molecule has 0 unspecified atom stereocenters. The number of H-pyrrole nitrogens is 1. The first-order valence-electron chi connectivity index (χ1n) is 4.17. The minimum Gasteiger partial charge on any atom is -0.229 e. The lowest BCUT2D eigenvalue weighted by Gasteiger charge is -2.02. The minimum absolute atomic E-state index is 0.235. The van der Waals surface area contributed by atoms with Crippen molar-refractivity contribution in [3.63, 3.8) is 0 Å². The highest BCUT2D eigenvalue weighted by Gasteiger charge is 2.07. The van der Waals surface area contributed by atoms with Gasteiger partial charge in [-0.15, -0.1) is 10.2 Å². The maximum absolute atomic E-state index is 13.2. The van der Waals surface area contributed by atoms with E-state index in [0.29, 0.717) is 17.0 Å². The van der Waals surface area contributed by atoms with Gasteiger partial charge in [0.05, 0.1) is 0 Å². The van der Waals surface area contributed by atoms with Gasteiger partial charge in [-0.1, -0.05) is 0 Å². The molecule has 0 atom stereocenters. The minimum atomic E-state index is -0.324. The van der Waals surface area contributed by atoms with Gasteiger partial charge in [0.1, 0.15) is 5.82 Å². The molecule has 1 aromatic carbocycles. The van der Waals surface area contributed by atoms with E-state index >= 15 is 0 Å². The molecule has 0 aliphatic rings. The summed E-state index contributed by atoms with van der Waals surface area (Å²) in [5, 5.41) is 13.3. The molecule has 0 bridgehead atoms. The molecule has 0 fully saturated rings. The number of hydrogen-bond acceptors (Lipinski definition) is 4. The first kappa shape index (κ1) is 10.0. The first-order chi connectivity index (χ1) is 7.31. The Morgan fingerprint density at radius 1 is 1.47 bits per heavy atom. The van der Waals surface area contributed by atoms with Crippen LogP contribution >= 0.6 is 11.8 Å². The molecule has 0 saturated heterocycles. The predicted molar refractivity (Wildman–Crippen MR) is 52.3 cm³/mol. The Morgan fingerprint density at radius 3 is 3.00 bits per heavy atom. The zero-order valence-electron chi connectivity index (χ0n) is 7.54. The number of rotatable bonds is 3. The zero-order valence-corrected chi connectivity index (χ0v) is 8.29. The monoisotopic (exact) mass is 227 g/mol. The van der Waals surface area contributed by atoms with Gasteiger partial charge in [-0.05, 0) is 35.2 Å². The van der Waals surface area contributed by atoms with Crippen LogP contribution in [0.3, 0.4) is 0 Å². The molecular formula is C8H7ClFN5. The van der Waals surface area contributed by atoms with Crippen LogP contribution in [0.1, 0.15) is 5.56 Å². The number of halogens is 2. The lowest BCUT2D eigenvalue weighted by Crippen LogP contribution is -2.01. The molecule has 78 valence electrons. The van der Waals surface area contributed by atoms with Crippen LogP contribution in [0, 0.1) is 5.82 Å². The van der Waals surface area contributed by atoms with E-state index in [1.165, 1.54) is 6.07 Å². The van der Waals surface area contributed by atoms with Gasteiger partial charge in [-0.3, -0.25) is 0 Å². The van der Waals surface area contributed by atoms with E-state index in [4.69, 9.17) is 11.8 Å². The lowest BCUT2D eigenvalue weighted by atomic mass is 10.1. The van der Waals surface area contributed by atoms with Gasteiger partial charge in [0.25, 0.3) is 0 Å². The summed E-state index contributed by atoms with van der Waals surface area (Å²) in [6.07, 6.45) is 0. The molecule has 0 amide bonds. The maximum atomic E-state index is 13.2. The average molecular weight is 228 g/mol. The van der Waals surface area contributed by atoms with Crippen LogP contribution < -0.4 is 4.84 Å². The molecule has 7 heteroatoms. The Hall–Kier alpha value is -1.53. The molecule has 0 aliphatic carbocycles. The summed E-state index contributed by atoms with van der Waals surface area (Å²) in [7, 11) is 0. The number of nitrogens with zero attached hydrogens (tertiary/aromatic N) is 3. The largest absolute Gasteiger partial charge is 0.229 e. The van der Waals surface area contributed by atoms with Crippen LogP contribution in [0.5, 0.6) is 0 Å². The third-order valence-electron chi connectivity index (χ3n) is 1.91. The van der Waals surface area contributed by atoms with E-state index < -0.39 is 0 Å². The second-order valence-electron chi connectivity index (χ2n) is 2.85. The molecule has 0 radical (unpaired) electrons. The fraction of sp³-hybridized carbons (Fsp3) is 0.125. The van der Waals surface area contributed by atoms with E-state index in [-0.39, 0.29) is 12.4 Å². The number of aromatic nitrogens is 4. The molecule has 0 spiro atoms. The fourth-order valence-corrected chi connectivity index (χ4v) is 1.35. The van der Waals surface area contributed by atoms with Crippen LogP contribution in [0.4, 0.5) is 4.39 Å². The Labute approximate surface area is 89.8 Å². The van der Waals surface area contributed by atoms with Gasteiger partial charge >= 0.3 is 0 Å². The van der Waals surface area contributed by atoms with Crippen molar-refractivity contribution < 1.29 is 4.39 Å². The highest BCUT2D eigenvalue weighted by molar-refractivity contribution is 6.13. The van der Waals surface area contributed by atoms with Gasteiger partial charge in [-0.2, -0.15) is 5.21 Å². The fourth-order valence-electron chi connectivity index (χ4n) is 1.21. The maximum Gasteiger partial charge on any atom is 0.204 e. The summed E-state index contributed by atoms with van der Waals surface area (Å²) in [6.45, 7) is 0.235. The van der Waals surface area contributed by atoms with Crippen LogP contribution in [0.15, 0.2) is 18.2 Å². The third kappa shape index (κ3) is 2.11. The van der Waals surface area contributed by atoms with Crippen molar-refractivity contribution in [3.05, 3.63) is 29.6 Å². The third-order valence-corrected chi connectivity index (χ3v) is 2.04. The average Bonchev–Trinajstić information content (AvgIpc) is 2.75. The highest BCUT2D eigenvalue weighted by Crippen LogP contribution is 2.17. The summed E-state index contributed by atoms with van der Waals surface area (Å²) in [4.78, 5) is 2.37. The van der Waals surface area contributed by atoms with Gasteiger partial charge in [0.15, 0.2) is 0 Å². The van der Waals surface area contributed by atoms with Crippen molar-refractivity contribution in [2.75, 3.05) is 0 Å². The summed E-state index contributed by atoms with van der Waals surface area (Å²) >= 11 is 5.32.